The molecule has 0 spiro atoms. The number of allylic oxidation sites excluding steroid dienone is 1. The van der Waals surface area contributed by atoms with E-state index in [1.54, 1.807) is 0 Å². The highest BCUT2D eigenvalue weighted by molar-refractivity contribution is 6.29. The smallest absolute Gasteiger partial charge is 0.321 e. The quantitative estimate of drug-likeness (QED) is 0.611. The number of carboxylic acid groups (broad SMARTS) is 1. The Morgan fingerprint density at radius 2 is 1.94 bits per heavy atom. The van der Waals surface area contributed by atoms with Gasteiger partial charge in [0.25, 0.3) is 0 Å². The molecule has 0 fully saturated rings. The summed E-state index contributed by atoms with van der Waals surface area (Å²) in [7, 11) is 0. The van der Waals surface area contributed by atoms with Gasteiger partial charge in [-0.2, -0.15) is 0 Å². The molecule has 16 heavy (non-hydrogen) atoms. The number of aryl methyl sites for hydroxylation is 1. The van der Waals surface area contributed by atoms with Gasteiger partial charge < -0.3 is 5.11 Å². The van der Waals surface area contributed by atoms with Crippen LogP contribution in [0.5, 0.6) is 0 Å². The predicted molar refractivity (Wildman–Crippen MR) is 65.9 cm³/mol. The summed E-state index contributed by atoms with van der Waals surface area (Å²) in [5.74, 6) is -0.954. The molecule has 0 aromatic heterocycles. The van der Waals surface area contributed by atoms with Crippen LogP contribution in [0.25, 0.3) is 0 Å². The first kappa shape index (κ1) is 12.8. The average Bonchev–Trinajstić information content (AvgIpc) is 2.28. The number of carbonyl (C=O) groups is 1. The molecule has 1 atom stereocenters. The zero-order valence-corrected chi connectivity index (χ0v) is 9.78. The molecule has 2 nitrogen and oxygen atoms in total. The first-order valence-corrected chi connectivity index (χ1v) is 5.62. The van der Waals surface area contributed by atoms with Crippen LogP contribution in [-0.4, -0.2) is 16.5 Å². The second-order valence-corrected chi connectivity index (χ2v) is 4.18. The lowest BCUT2D eigenvalue weighted by Crippen LogP contribution is -2.13. The van der Waals surface area contributed by atoms with Gasteiger partial charge in [0.2, 0.25) is 0 Å². The second-order valence-electron chi connectivity index (χ2n) is 3.65. The Bertz CT molecular complexity index is 357. The van der Waals surface area contributed by atoms with Crippen LogP contribution in [0, 0.1) is 0 Å². The second kappa shape index (κ2) is 6.33. The van der Waals surface area contributed by atoms with Crippen LogP contribution in [0.1, 0.15) is 17.5 Å². The van der Waals surface area contributed by atoms with E-state index in [2.05, 4.69) is 6.58 Å². The van der Waals surface area contributed by atoms with Gasteiger partial charge in [-0.25, -0.2) is 0 Å². The third-order valence-electron chi connectivity index (χ3n) is 2.36. The van der Waals surface area contributed by atoms with Crippen LogP contribution < -0.4 is 0 Å². The SMILES string of the molecule is C=CCc1ccc(CCC(Cl)C(=O)O)cc1. The molecule has 0 aliphatic rings. The average molecular weight is 239 g/mol. The fourth-order valence-corrected chi connectivity index (χ4v) is 1.53. The molecule has 1 unspecified atom stereocenters. The minimum absolute atomic E-state index is 0.456. The molecular weight excluding hydrogens is 224 g/mol. The molecule has 1 N–H and O–H groups in total. The number of rotatable bonds is 6. The number of hydrogen-bond acceptors (Lipinski definition) is 1. The Hall–Kier alpha value is -1.28. The molecule has 0 saturated carbocycles. The molecule has 0 bridgehead atoms. The van der Waals surface area contributed by atoms with E-state index in [4.69, 9.17) is 16.7 Å². The number of carboxylic acids is 1. The molecule has 0 heterocycles. The molecule has 0 aliphatic heterocycles. The highest BCUT2D eigenvalue weighted by Crippen LogP contribution is 2.11. The molecule has 0 amide bonds. The lowest BCUT2D eigenvalue weighted by molar-refractivity contribution is -0.136. The van der Waals surface area contributed by atoms with E-state index in [-0.39, 0.29) is 0 Å². The molecule has 3 heteroatoms. The van der Waals surface area contributed by atoms with E-state index in [9.17, 15) is 4.79 Å². The Kier molecular flexibility index (Phi) is 5.06. The zero-order valence-electron chi connectivity index (χ0n) is 9.03. The van der Waals surface area contributed by atoms with Gasteiger partial charge >= 0.3 is 5.97 Å². The van der Waals surface area contributed by atoms with Gasteiger partial charge in [0, 0.05) is 0 Å². The summed E-state index contributed by atoms with van der Waals surface area (Å²) in [6, 6.07) is 8.07. The normalized spacial score (nSPS) is 12.1. The van der Waals surface area contributed by atoms with Crippen molar-refractivity contribution in [3.63, 3.8) is 0 Å². The fraction of sp³-hybridized carbons (Fsp3) is 0.308. The number of halogens is 1. The first-order chi connectivity index (χ1) is 7.63. The Balaban J connectivity index is 2.49. The van der Waals surface area contributed by atoms with Crippen molar-refractivity contribution in [2.45, 2.75) is 24.6 Å². The Morgan fingerprint density at radius 3 is 2.44 bits per heavy atom. The van der Waals surface area contributed by atoms with E-state index < -0.39 is 11.3 Å². The summed E-state index contributed by atoms with van der Waals surface area (Å²) in [6.45, 7) is 3.67. The number of aliphatic carboxylic acids is 1. The number of alkyl halides is 1. The van der Waals surface area contributed by atoms with Crippen LogP contribution in [0.2, 0.25) is 0 Å². The largest absolute Gasteiger partial charge is 0.480 e. The van der Waals surface area contributed by atoms with Crippen molar-refractivity contribution in [3.8, 4) is 0 Å². The monoisotopic (exact) mass is 238 g/mol. The topological polar surface area (TPSA) is 37.3 Å². The summed E-state index contributed by atoms with van der Waals surface area (Å²) in [5, 5.41) is 7.83. The molecule has 1 rings (SSSR count). The van der Waals surface area contributed by atoms with Crippen LogP contribution in [0.15, 0.2) is 36.9 Å². The van der Waals surface area contributed by atoms with E-state index in [1.165, 1.54) is 5.56 Å². The third kappa shape index (κ3) is 4.07. The lowest BCUT2D eigenvalue weighted by Gasteiger charge is -2.05. The van der Waals surface area contributed by atoms with Crippen molar-refractivity contribution in [1.29, 1.82) is 0 Å². The summed E-state index contributed by atoms with van der Waals surface area (Å²) < 4.78 is 0. The maximum atomic E-state index is 10.5. The van der Waals surface area contributed by atoms with Crippen LogP contribution in [-0.2, 0) is 17.6 Å². The number of benzene rings is 1. The van der Waals surface area contributed by atoms with Crippen LogP contribution >= 0.6 is 11.6 Å². The van der Waals surface area contributed by atoms with Crippen molar-refractivity contribution in [2.24, 2.45) is 0 Å². The van der Waals surface area contributed by atoms with Crippen molar-refractivity contribution < 1.29 is 9.90 Å². The standard InChI is InChI=1S/C13H15ClO2/c1-2-3-10-4-6-11(7-5-10)8-9-12(14)13(15)16/h2,4-7,12H,1,3,8-9H2,(H,15,16). The van der Waals surface area contributed by atoms with Crippen molar-refractivity contribution >= 4 is 17.6 Å². The van der Waals surface area contributed by atoms with Gasteiger partial charge in [0.1, 0.15) is 5.38 Å². The summed E-state index contributed by atoms with van der Waals surface area (Å²) in [6.07, 6.45) is 3.86. The molecule has 1 aromatic carbocycles. The van der Waals surface area contributed by atoms with Gasteiger partial charge in [0.15, 0.2) is 0 Å². The minimum Gasteiger partial charge on any atom is -0.480 e. The molecule has 1 aromatic rings. The maximum Gasteiger partial charge on any atom is 0.321 e. The summed E-state index contributed by atoms with van der Waals surface area (Å²) in [4.78, 5) is 10.5. The summed E-state index contributed by atoms with van der Waals surface area (Å²) in [5.41, 5.74) is 2.32. The van der Waals surface area contributed by atoms with Crippen molar-refractivity contribution in [2.75, 3.05) is 0 Å². The predicted octanol–water partition coefficient (Wildman–Crippen LogP) is 3.04. The van der Waals surface area contributed by atoms with E-state index >= 15 is 0 Å². The first-order valence-electron chi connectivity index (χ1n) is 5.19. The van der Waals surface area contributed by atoms with Gasteiger partial charge in [-0.1, -0.05) is 30.3 Å². The van der Waals surface area contributed by atoms with Crippen molar-refractivity contribution in [3.05, 3.63) is 48.0 Å². The Labute approximate surface area is 101 Å². The van der Waals surface area contributed by atoms with E-state index in [0.717, 1.165) is 12.0 Å². The molecule has 0 aliphatic carbocycles. The maximum absolute atomic E-state index is 10.5. The van der Waals surface area contributed by atoms with E-state index in [0.29, 0.717) is 12.8 Å². The molecule has 86 valence electrons. The third-order valence-corrected chi connectivity index (χ3v) is 2.76. The number of hydrogen-bond donors (Lipinski definition) is 1. The highest BCUT2D eigenvalue weighted by Gasteiger charge is 2.12. The minimum atomic E-state index is -0.954. The van der Waals surface area contributed by atoms with Gasteiger partial charge in [-0.15, -0.1) is 18.2 Å². The lowest BCUT2D eigenvalue weighted by atomic mass is 10.0. The highest BCUT2D eigenvalue weighted by atomic mass is 35.5. The zero-order chi connectivity index (χ0) is 12.0. The Morgan fingerprint density at radius 1 is 1.38 bits per heavy atom. The van der Waals surface area contributed by atoms with Crippen LogP contribution in [0.3, 0.4) is 0 Å². The molecule has 0 radical (unpaired) electrons. The van der Waals surface area contributed by atoms with Gasteiger partial charge in [0.05, 0.1) is 0 Å². The molecule has 0 saturated heterocycles. The fourth-order valence-electron chi connectivity index (χ4n) is 1.43. The van der Waals surface area contributed by atoms with Gasteiger partial charge in [-0.05, 0) is 30.4 Å². The van der Waals surface area contributed by atoms with Crippen LogP contribution in [0.4, 0.5) is 0 Å². The van der Waals surface area contributed by atoms with E-state index in [1.807, 2.05) is 30.3 Å². The van der Waals surface area contributed by atoms with Crippen molar-refractivity contribution in [1.82, 2.24) is 0 Å². The molecular formula is C13H15ClO2. The summed E-state index contributed by atoms with van der Waals surface area (Å²) >= 11 is 5.63. The van der Waals surface area contributed by atoms with Gasteiger partial charge in [-0.3, -0.25) is 4.79 Å².